The lowest BCUT2D eigenvalue weighted by molar-refractivity contribution is -0.384. The molecule has 0 radical (unpaired) electrons. The average Bonchev–Trinajstić information content (AvgIpc) is 2.41. The minimum Gasteiger partial charge on any atom is -0.376 e. The van der Waals surface area contributed by atoms with Crippen LogP contribution < -0.4 is 5.32 Å². The van der Waals surface area contributed by atoms with Gasteiger partial charge in [0.1, 0.15) is 12.0 Å². The smallest absolute Gasteiger partial charge is 0.293 e. The molecule has 5 nitrogen and oxygen atoms in total. The van der Waals surface area contributed by atoms with E-state index < -0.39 is 4.92 Å². The molecule has 1 aromatic rings. The fourth-order valence-corrected chi connectivity index (χ4v) is 2.63. The molecular formula is C14H18N2O3. The van der Waals surface area contributed by atoms with Crippen LogP contribution in [0.5, 0.6) is 0 Å². The van der Waals surface area contributed by atoms with Gasteiger partial charge in [0.2, 0.25) is 0 Å². The van der Waals surface area contributed by atoms with Crippen molar-refractivity contribution in [2.45, 2.75) is 38.6 Å². The molecular weight excluding hydrogens is 244 g/mol. The number of carbonyl (C=O) groups excluding carboxylic acids is 1. The van der Waals surface area contributed by atoms with Crippen LogP contribution in [0.3, 0.4) is 0 Å². The summed E-state index contributed by atoms with van der Waals surface area (Å²) in [6.45, 7) is 2.17. The molecule has 1 N–H and O–H groups in total. The van der Waals surface area contributed by atoms with Gasteiger partial charge >= 0.3 is 0 Å². The Kier molecular flexibility index (Phi) is 4.14. The Hall–Kier alpha value is -1.91. The van der Waals surface area contributed by atoms with Crippen LogP contribution in [-0.2, 0) is 0 Å². The van der Waals surface area contributed by atoms with Crippen molar-refractivity contribution in [1.29, 1.82) is 0 Å². The van der Waals surface area contributed by atoms with Gasteiger partial charge in [-0.15, -0.1) is 0 Å². The van der Waals surface area contributed by atoms with Gasteiger partial charge in [-0.2, -0.15) is 0 Å². The second-order valence-electron chi connectivity index (χ2n) is 5.16. The number of nitrogens with zero attached hydrogens (tertiary/aromatic N) is 1. The van der Waals surface area contributed by atoms with E-state index in [9.17, 15) is 14.9 Å². The van der Waals surface area contributed by atoms with Crippen LogP contribution in [-0.4, -0.2) is 17.3 Å². The molecule has 1 aromatic carbocycles. The molecule has 2 rings (SSSR count). The lowest BCUT2D eigenvalue weighted by Crippen LogP contribution is -2.30. The number of nitrogens with one attached hydrogen (secondary N) is 1. The van der Waals surface area contributed by atoms with Crippen LogP contribution in [0.15, 0.2) is 18.2 Å². The maximum absolute atomic E-state index is 11.1. The third-order valence-electron chi connectivity index (χ3n) is 3.81. The van der Waals surface area contributed by atoms with E-state index in [1.165, 1.54) is 12.5 Å². The fraction of sp³-hybridized carbons (Fsp3) is 0.500. The molecule has 5 heteroatoms. The molecule has 0 aliphatic heterocycles. The van der Waals surface area contributed by atoms with Gasteiger partial charge in [0.05, 0.1) is 4.92 Å². The van der Waals surface area contributed by atoms with Gasteiger partial charge in [-0.1, -0.05) is 19.8 Å². The van der Waals surface area contributed by atoms with Crippen LogP contribution in [0.1, 0.15) is 43.0 Å². The Morgan fingerprint density at radius 1 is 1.37 bits per heavy atom. The van der Waals surface area contributed by atoms with Crippen molar-refractivity contribution in [2.24, 2.45) is 5.92 Å². The summed E-state index contributed by atoms with van der Waals surface area (Å²) in [5.74, 6) is 0.513. The summed E-state index contributed by atoms with van der Waals surface area (Å²) < 4.78 is 0. The van der Waals surface area contributed by atoms with Crippen molar-refractivity contribution < 1.29 is 9.72 Å². The minimum atomic E-state index is -0.442. The number of nitro benzene ring substituents is 1. The highest BCUT2D eigenvalue weighted by Crippen LogP contribution is 2.31. The summed E-state index contributed by atoms with van der Waals surface area (Å²) in [7, 11) is 0. The summed E-state index contributed by atoms with van der Waals surface area (Å²) in [4.78, 5) is 21.3. The second-order valence-corrected chi connectivity index (χ2v) is 5.16. The van der Waals surface area contributed by atoms with Gasteiger partial charge in [-0.3, -0.25) is 14.9 Å². The van der Waals surface area contributed by atoms with Gasteiger partial charge in [0, 0.05) is 17.7 Å². The highest BCUT2D eigenvalue weighted by Gasteiger charge is 2.24. The zero-order chi connectivity index (χ0) is 13.8. The largest absolute Gasteiger partial charge is 0.376 e. The predicted octanol–water partition coefficient (Wildman–Crippen LogP) is 3.40. The average molecular weight is 262 g/mol. The van der Waals surface area contributed by atoms with Crippen molar-refractivity contribution in [3.63, 3.8) is 0 Å². The minimum absolute atomic E-state index is 0.0256. The first-order valence-corrected chi connectivity index (χ1v) is 6.62. The number of hydrogen-bond donors (Lipinski definition) is 1. The topological polar surface area (TPSA) is 72.2 Å². The normalized spacial score (nSPS) is 22.8. The Bertz CT molecular complexity index is 488. The Morgan fingerprint density at radius 3 is 2.74 bits per heavy atom. The molecule has 0 spiro atoms. The number of benzene rings is 1. The zero-order valence-electron chi connectivity index (χ0n) is 11.0. The number of rotatable bonds is 4. The molecule has 19 heavy (non-hydrogen) atoms. The summed E-state index contributed by atoms with van der Waals surface area (Å²) >= 11 is 0. The molecule has 1 aliphatic rings. The third kappa shape index (κ3) is 3.10. The zero-order valence-corrected chi connectivity index (χ0v) is 11.0. The van der Waals surface area contributed by atoms with E-state index in [-0.39, 0.29) is 11.7 Å². The van der Waals surface area contributed by atoms with E-state index in [0.717, 1.165) is 19.3 Å². The number of hydrogen-bond acceptors (Lipinski definition) is 4. The highest BCUT2D eigenvalue weighted by atomic mass is 16.6. The lowest BCUT2D eigenvalue weighted by atomic mass is 9.86. The summed E-state index contributed by atoms with van der Waals surface area (Å²) in [6, 6.07) is 4.83. The van der Waals surface area contributed by atoms with E-state index in [2.05, 4.69) is 12.2 Å². The van der Waals surface area contributed by atoms with Crippen LogP contribution >= 0.6 is 0 Å². The standard InChI is InChI=1S/C14H18N2O3/c1-10-4-2-3-5-12(10)15-13-7-6-11(9-17)8-14(13)16(18)19/h6-10,12,15H,2-5H2,1H3/t10-,12+/m1/s1. The van der Waals surface area contributed by atoms with Gasteiger partial charge in [-0.05, 0) is 30.9 Å². The molecule has 0 saturated heterocycles. The molecule has 2 atom stereocenters. The third-order valence-corrected chi connectivity index (χ3v) is 3.81. The van der Waals surface area contributed by atoms with Gasteiger partial charge in [0.15, 0.2) is 0 Å². The molecule has 0 aromatic heterocycles. The summed E-state index contributed by atoms with van der Waals surface area (Å²) in [5.41, 5.74) is 0.811. The van der Waals surface area contributed by atoms with Crippen LogP contribution in [0.25, 0.3) is 0 Å². The molecule has 0 unspecified atom stereocenters. The van der Waals surface area contributed by atoms with Gasteiger partial charge in [0.25, 0.3) is 5.69 Å². The molecule has 1 aliphatic carbocycles. The highest BCUT2D eigenvalue weighted by molar-refractivity contribution is 5.79. The summed E-state index contributed by atoms with van der Waals surface area (Å²) in [6.07, 6.45) is 5.19. The fourth-order valence-electron chi connectivity index (χ4n) is 2.63. The molecule has 1 saturated carbocycles. The number of anilines is 1. The van der Waals surface area contributed by atoms with Crippen molar-refractivity contribution >= 4 is 17.7 Å². The van der Waals surface area contributed by atoms with Crippen molar-refractivity contribution in [2.75, 3.05) is 5.32 Å². The van der Waals surface area contributed by atoms with Crippen molar-refractivity contribution in [3.05, 3.63) is 33.9 Å². The molecule has 102 valence electrons. The Labute approximate surface area is 112 Å². The molecule has 0 amide bonds. The van der Waals surface area contributed by atoms with E-state index >= 15 is 0 Å². The van der Waals surface area contributed by atoms with Crippen LogP contribution in [0.2, 0.25) is 0 Å². The van der Waals surface area contributed by atoms with Crippen molar-refractivity contribution in [1.82, 2.24) is 0 Å². The maximum Gasteiger partial charge on any atom is 0.293 e. The first-order chi connectivity index (χ1) is 9.11. The van der Waals surface area contributed by atoms with E-state index in [1.807, 2.05) is 0 Å². The van der Waals surface area contributed by atoms with Crippen LogP contribution in [0.4, 0.5) is 11.4 Å². The second kappa shape index (κ2) is 5.82. The van der Waals surface area contributed by atoms with Gasteiger partial charge in [-0.25, -0.2) is 0 Å². The Morgan fingerprint density at radius 2 is 2.11 bits per heavy atom. The van der Waals surface area contributed by atoms with Gasteiger partial charge < -0.3 is 5.32 Å². The molecule has 0 bridgehead atoms. The first-order valence-electron chi connectivity index (χ1n) is 6.62. The number of nitro groups is 1. The number of carbonyl (C=O) groups is 1. The summed E-state index contributed by atoms with van der Waals surface area (Å²) in [5, 5.41) is 14.3. The van der Waals surface area contributed by atoms with E-state index in [0.29, 0.717) is 23.5 Å². The van der Waals surface area contributed by atoms with E-state index in [1.54, 1.807) is 12.1 Å². The monoisotopic (exact) mass is 262 g/mol. The first kappa shape index (κ1) is 13.5. The van der Waals surface area contributed by atoms with Crippen LogP contribution in [0, 0.1) is 16.0 Å². The van der Waals surface area contributed by atoms with E-state index in [4.69, 9.17) is 0 Å². The quantitative estimate of drug-likeness (QED) is 0.513. The van der Waals surface area contributed by atoms with Crippen molar-refractivity contribution in [3.8, 4) is 0 Å². The Balaban J connectivity index is 2.23. The number of aldehydes is 1. The lowest BCUT2D eigenvalue weighted by Gasteiger charge is -2.30. The SMILES string of the molecule is C[C@@H]1CCCC[C@@H]1Nc1ccc(C=O)cc1[N+](=O)[O-]. The predicted molar refractivity (Wildman–Crippen MR) is 73.5 cm³/mol. The molecule has 0 heterocycles. The maximum atomic E-state index is 11.1. The molecule has 1 fully saturated rings.